The van der Waals surface area contributed by atoms with Crippen molar-refractivity contribution in [3.8, 4) is 6.07 Å². The molecule has 21 heavy (non-hydrogen) atoms. The lowest BCUT2D eigenvalue weighted by Crippen LogP contribution is -2.12. The molecule has 0 spiro atoms. The van der Waals surface area contributed by atoms with E-state index in [0.29, 0.717) is 22.0 Å². The number of nitrogens with zero attached hydrogens (tertiary/aromatic N) is 1. The summed E-state index contributed by atoms with van der Waals surface area (Å²) < 4.78 is 22.5. The van der Waals surface area contributed by atoms with E-state index in [2.05, 4.69) is 5.32 Å². The molecule has 108 valence electrons. The molecular formula is C13H11ClN4O2S. The largest absolute Gasteiger partial charge is 0.397 e. The number of anilines is 3. The van der Waals surface area contributed by atoms with Gasteiger partial charge in [-0.05, 0) is 36.4 Å². The SMILES string of the molecule is N#Cc1ccc(Cl)cc1Nc1ccc(S(N)(=O)=O)cc1N. The van der Waals surface area contributed by atoms with Crippen molar-refractivity contribution in [1.29, 1.82) is 5.26 Å². The van der Waals surface area contributed by atoms with E-state index in [1.165, 1.54) is 18.2 Å². The Morgan fingerprint density at radius 2 is 1.86 bits per heavy atom. The van der Waals surface area contributed by atoms with Crippen molar-refractivity contribution in [3.63, 3.8) is 0 Å². The molecule has 0 amide bonds. The third kappa shape index (κ3) is 3.44. The molecule has 2 rings (SSSR count). The van der Waals surface area contributed by atoms with Crippen molar-refractivity contribution in [2.75, 3.05) is 11.1 Å². The van der Waals surface area contributed by atoms with Crippen molar-refractivity contribution < 1.29 is 8.42 Å². The Morgan fingerprint density at radius 3 is 2.43 bits per heavy atom. The number of halogens is 1. The number of primary sulfonamides is 1. The van der Waals surface area contributed by atoms with Gasteiger partial charge in [0.15, 0.2) is 0 Å². The van der Waals surface area contributed by atoms with Crippen molar-refractivity contribution >= 4 is 38.7 Å². The first kappa shape index (κ1) is 15.1. The summed E-state index contributed by atoms with van der Waals surface area (Å²) in [5.41, 5.74) is 7.28. The van der Waals surface area contributed by atoms with Crippen LogP contribution in [-0.2, 0) is 10.0 Å². The molecule has 0 unspecified atom stereocenters. The second-order valence-corrected chi connectivity index (χ2v) is 6.22. The number of sulfonamides is 1. The summed E-state index contributed by atoms with van der Waals surface area (Å²) in [6.45, 7) is 0. The highest BCUT2D eigenvalue weighted by Gasteiger charge is 2.11. The Kier molecular flexibility index (Phi) is 4.04. The van der Waals surface area contributed by atoms with E-state index in [4.69, 9.17) is 27.7 Å². The lowest BCUT2D eigenvalue weighted by atomic mass is 10.2. The Hall–Kier alpha value is -2.27. The van der Waals surface area contributed by atoms with E-state index in [9.17, 15) is 8.42 Å². The average molecular weight is 323 g/mol. The molecule has 0 heterocycles. The van der Waals surface area contributed by atoms with Gasteiger partial charge >= 0.3 is 0 Å². The topological polar surface area (TPSA) is 122 Å². The number of rotatable bonds is 3. The van der Waals surface area contributed by atoms with E-state index >= 15 is 0 Å². The number of nitrogens with one attached hydrogen (secondary N) is 1. The van der Waals surface area contributed by atoms with Crippen LogP contribution in [-0.4, -0.2) is 8.42 Å². The second-order valence-electron chi connectivity index (χ2n) is 4.22. The van der Waals surface area contributed by atoms with E-state index in [1.807, 2.05) is 6.07 Å². The first-order chi connectivity index (χ1) is 9.81. The van der Waals surface area contributed by atoms with Crippen molar-refractivity contribution in [3.05, 3.63) is 47.0 Å². The molecule has 0 fully saturated rings. The summed E-state index contributed by atoms with van der Waals surface area (Å²) in [4.78, 5) is -0.0860. The van der Waals surface area contributed by atoms with Gasteiger partial charge in [0.25, 0.3) is 0 Å². The maximum atomic E-state index is 11.2. The molecule has 0 atom stereocenters. The average Bonchev–Trinajstić information content (AvgIpc) is 2.40. The molecule has 0 aliphatic carbocycles. The van der Waals surface area contributed by atoms with Gasteiger partial charge in [-0.15, -0.1) is 0 Å². The van der Waals surface area contributed by atoms with Gasteiger partial charge in [0.1, 0.15) is 6.07 Å². The molecule has 8 heteroatoms. The third-order valence-corrected chi connectivity index (χ3v) is 3.87. The van der Waals surface area contributed by atoms with Crippen LogP contribution in [0.25, 0.3) is 0 Å². The molecule has 0 radical (unpaired) electrons. The molecule has 0 aliphatic heterocycles. The van der Waals surface area contributed by atoms with Crippen LogP contribution in [0.5, 0.6) is 0 Å². The Labute approximate surface area is 127 Å². The molecule has 0 saturated heterocycles. The van der Waals surface area contributed by atoms with Gasteiger partial charge in [-0.25, -0.2) is 13.6 Å². The van der Waals surface area contributed by atoms with E-state index in [0.717, 1.165) is 0 Å². The molecular weight excluding hydrogens is 312 g/mol. The molecule has 2 aromatic rings. The molecule has 0 aromatic heterocycles. The van der Waals surface area contributed by atoms with Crippen LogP contribution < -0.4 is 16.2 Å². The molecule has 0 bridgehead atoms. The highest BCUT2D eigenvalue weighted by atomic mass is 35.5. The van der Waals surface area contributed by atoms with Gasteiger partial charge in [0.2, 0.25) is 10.0 Å². The quantitative estimate of drug-likeness (QED) is 0.747. The minimum Gasteiger partial charge on any atom is -0.397 e. The fraction of sp³-hybridized carbons (Fsp3) is 0. The fourth-order valence-electron chi connectivity index (χ4n) is 1.69. The summed E-state index contributed by atoms with van der Waals surface area (Å²) in [6, 6.07) is 10.8. The summed E-state index contributed by atoms with van der Waals surface area (Å²) >= 11 is 5.89. The van der Waals surface area contributed by atoms with Crippen molar-refractivity contribution in [2.24, 2.45) is 5.14 Å². The van der Waals surface area contributed by atoms with Crippen LogP contribution in [0.1, 0.15) is 5.56 Å². The minimum absolute atomic E-state index is 0.0860. The predicted molar refractivity (Wildman–Crippen MR) is 81.7 cm³/mol. The van der Waals surface area contributed by atoms with Crippen LogP contribution in [0.2, 0.25) is 5.02 Å². The van der Waals surface area contributed by atoms with Gasteiger partial charge in [-0.1, -0.05) is 11.6 Å². The molecule has 0 saturated carbocycles. The predicted octanol–water partition coefficient (Wildman–Crippen LogP) is 2.18. The summed E-state index contributed by atoms with van der Waals surface area (Å²) in [7, 11) is -3.82. The highest BCUT2D eigenvalue weighted by Crippen LogP contribution is 2.28. The normalized spacial score (nSPS) is 10.9. The van der Waals surface area contributed by atoms with Gasteiger partial charge in [0.05, 0.1) is 27.5 Å². The van der Waals surface area contributed by atoms with Crippen LogP contribution in [0.4, 0.5) is 17.1 Å². The Morgan fingerprint density at radius 1 is 1.14 bits per heavy atom. The van der Waals surface area contributed by atoms with Gasteiger partial charge in [-0.2, -0.15) is 5.26 Å². The molecule has 5 N–H and O–H groups in total. The zero-order chi connectivity index (χ0) is 15.6. The monoisotopic (exact) mass is 322 g/mol. The van der Waals surface area contributed by atoms with Crippen LogP contribution >= 0.6 is 11.6 Å². The summed E-state index contributed by atoms with van der Waals surface area (Å²) in [5.74, 6) is 0. The van der Waals surface area contributed by atoms with Crippen molar-refractivity contribution in [2.45, 2.75) is 4.90 Å². The maximum absolute atomic E-state index is 11.2. The number of benzene rings is 2. The highest BCUT2D eigenvalue weighted by molar-refractivity contribution is 7.89. The van der Waals surface area contributed by atoms with E-state index < -0.39 is 10.0 Å². The number of hydrogen-bond donors (Lipinski definition) is 3. The molecule has 6 nitrogen and oxygen atoms in total. The molecule has 2 aromatic carbocycles. The zero-order valence-corrected chi connectivity index (χ0v) is 12.2. The second kappa shape index (κ2) is 5.61. The number of hydrogen-bond acceptors (Lipinski definition) is 5. The van der Waals surface area contributed by atoms with Crippen molar-refractivity contribution in [1.82, 2.24) is 0 Å². The Balaban J connectivity index is 2.42. The lowest BCUT2D eigenvalue weighted by molar-refractivity contribution is 0.598. The molecule has 0 aliphatic rings. The van der Waals surface area contributed by atoms with Crippen LogP contribution in [0, 0.1) is 11.3 Å². The van der Waals surface area contributed by atoms with Crippen LogP contribution in [0.3, 0.4) is 0 Å². The maximum Gasteiger partial charge on any atom is 0.238 e. The first-order valence-corrected chi connectivity index (χ1v) is 7.62. The van der Waals surface area contributed by atoms with E-state index in [1.54, 1.807) is 18.2 Å². The van der Waals surface area contributed by atoms with Gasteiger partial charge in [-0.3, -0.25) is 0 Å². The number of nitriles is 1. The fourth-order valence-corrected chi connectivity index (χ4v) is 2.42. The van der Waals surface area contributed by atoms with Gasteiger partial charge < -0.3 is 11.1 Å². The van der Waals surface area contributed by atoms with Crippen LogP contribution in [0.15, 0.2) is 41.3 Å². The minimum atomic E-state index is -3.82. The number of nitrogen functional groups attached to an aromatic ring is 1. The zero-order valence-electron chi connectivity index (χ0n) is 10.7. The van der Waals surface area contributed by atoms with Gasteiger partial charge in [0, 0.05) is 5.02 Å². The summed E-state index contributed by atoms with van der Waals surface area (Å²) in [6.07, 6.45) is 0. The Bertz CT molecular complexity index is 844. The first-order valence-electron chi connectivity index (χ1n) is 5.70. The lowest BCUT2D eigenvalue weighted by Gasteiger charge is -2.12. The summed E-state index contributed by atoms with van der Waals surface area (Å²) in [5, 5.41) is 17.5. The number of nitrogens with two attached hydrogens (primary N) is 2. The van der Waals surface area contributed by atoms with E-state index in [-0.39, 0.29) is 10.6 Å². The third-order valence-electron chi connectivity index (χ3n) is 2.72. The standard InChI is InChI=1S/C13H11ClN4O2S/c14-9-2-1-8(7-15)13(5-9)18-12-4-3-10(6-11(12)16)21(17,19)20/h1-6,18H,16H2,(H2,17,19,20). The smallest absolute Gasteiger partial charge is 0.238 e.